The molecule has 1 fully saturated rings. The lowest BCUT2D eigenvalue weighted by atomic mass is 10.1. The maximum absolute atomic E-state index is 14.4. The highest BCUT2D eigenvalue weighted by atomic mass is 19.1. The molecule has 0 spiro atoms. The average Bonchev–Trinajstić information content (AvgIpc) is 3.31. The number of carbonyl (C=O) groups excluding carboxylic acids is 1. The van der Waals surface area contributed by atoms with Crippen LogP contribution in [0.15, 0.2) is 58.1 Å². The van der Waals surface area contributed by atoms with E-state index in [9.17, 15) is 18.8 Å². The number of nitrogens with zero attached hydrogens (tertiary/aromatic N) is 3. The summed E-state index contributed by atoms with van der Waals surface area (Å²) in [7, 11) is 0. The van der Waals surface area contributed by atoms with Crippen LogP contribution in [0.3, 0.4) is 0 Å². The standard InChI is InChI=1S/C23H23FN4O4/c1-15-8-10-16(11-9-15)14-27-22(30)20(21(29)25-13-17-5-4-12-32-17)26-28(23(27)31)19-7-3-2-6-18(19)24/h2-3,6-11,17H,4-5,12-14H2,1H3,(H,25,29)/t17-/m1/s1. The number of aromatic nitrogens is 3. The van der Waals surface area contributed by atoms with Gasteiger partial charge in [-0.3, -0.25) is 14.2 Å². The van der Waals surface area contributed by atoms with E-state index in [0.29, 0.717) is 12.2 Å². The molecular formula is C23H23FN4O4. The van der Waals surface area contributed by atoms with E-state index in [2.05, 4.69) is 10.4 Å². The van der Waals surface area contributed by atoms with Crippen molar-refractivity contribution in [3.8, 4) is 5.69 Å². The minimum Gasteiger partial charge on any atom is -0.376 e. The number of benzene rings is 2. The fraction of sp³-hybridized carbons (Fsp3) is 0.304. The summed E-state index contributed by atoms with van der Waals surface area (Å²) < 4.78 is 21.6. The first kappa shape index (κ1) is 21.6. The molecule has 1 amide bonds. The van der Waals surface area contributed by atoms with Gasteiger partial charge >= 0.3 is 5.69 Å². The van der Waals surface area contributed by atoms with Gasteiger partial charge < -0.3 is 10.1 Å². The summed E-state index contributed by atoms with van der Waals surface area (Å²) in [4.78, 5) is 39.0. The number of nitrogens with one attached hydrogen (secondary N) is 1. The smallest absolute Gasteiger partial charge is 0.352 e. The molecule has 0 bridgehead atoms. The maximum Gasteiger partial charge on any atom is 0.352 e. The number of hydrogen-bond acceptors (Lipinski definition) is 5. The fourth-order valence-corrected chi connectivity index (χ4v) is 3.55. The van der Waals surface area contributed by atoms with Gasteiger partial charge in [-0.05, 0) is 37.5 Å². The van der Waals surface area contributed by atoms with Gasteiger partial charge in [0.2, 0.25) is 5.69 Å². The lowest BCUT2D eigenvalue weighted by Gasteiger charge is -2.14. The Bertz CT molecular complexity index is 1240. The Balaban J connectivity index is 1.77. The van der Waals surface area contributed by atoms with Crippen molar-refractivity contribution in [2.24, 2.45) is 0 Å². The minimum atomic E-state index is -0.840. The number of rotatable bonds is 6. The van der Waals surface area contributed by atoms with Crippen LogP contribution in [-0.4, -0.2) is 39.5 Å². The summed E-state index contributed by atoms with van der Waals surface area (Å²) >= 11 is 0. The number of carbonyl (C=O) groups is 1. The Morgan fingerprint density at radius 1 is 1.19 bits per heavy atom. The van der Waals surface area contributed by atoms with Gasteiger partial charge in [0.25, 0.3) is 11.5 Å². The largest absolute Gasteiger partial charge is 0.376 e. The maximum atomic E-state index is 14.4. The summed E-state index contributed by atoms with van der Waals surface area (Å²) in [5, 5.41) is 6.59. The van der Waals surface area contributed by atoms with Crippen LogP contribution in [0.4, 0.5) is 4.39 Å². The SMILES string of the molecule is Cc1ccc(Cn2c(=O)c(C(=O)NC[C@H]3CCCO3)nn(-c3ccccc3F)c2=O)cc1. The number of halogens is 1. The second kappa shape index (κ2) is 9.27. The highest BCUT2D eigenvalue weighted by Crippen LogP contribution is 2.11. The minimum absolute atomic E-state index is 0.0824. The molecule has 166 valence electrons. The Morgan fingerprint density at radius 3 is 2.62 bits per heavy atom. The molecule has 1 aromatic heterocycles. The highest BCUT2D eigenvalue weighted by molar-refractivity contribution is 5.91. The molecule has 9 heteroatoms. The second-order valence-electron chi connectivity index (χ2n) is 7.72. The zero-order valence-corrected chi connectivity index (χ0v) is 17.6. The number of ether oxygens (including phenoxy) is 1. The first-order valence-corrected chi connectivity index (χ1v) is 10.4. The summed E-state index contributed by atoms with van der Waals surface area (Å²) in [6, 6.07) is 12.8. The molecule has 3 aromatic rings. The normalized spacial score (nSPS) is 15.6. The molecule has 8 nitrogen and oxygen atoms in total. The van der Waals surface area contributed by atoms with Crippen LogP contribution >= 0.6 is 0 Å². The summed E-state index contributed by atoms with van der Waals surface area (Å²) in [5.74, 6) is -1.44. The predicted molar refractivity (Wildman–Crippen MR) is 116 cm³/mol. The molecule has 0 aliphatic carbocycles. The molecule has 1 aliphatic heterocycles. The zero-order chi connectivity index (χ0) is 22.7. The van der Waals surface area contributed by atoms with E-state index in [1.165, 1.54) is 18.2 Å². The molecule has 0 radical (unpaired) electrons. The van der Waals surface area contributed by atoms with E-state index in [0.717, 1.165) is 27.7 Å². The Hall–Kier alpha value is -3.59. The topological polar surface area (TPSA) is 95.2 Å². The first-order valence-electron chi connectivity index (χ1n) is 10.4. The van der Waals surface area contributed by atoms with Crippen molar-refractivity contribution in [2.45, 2.75) is 32.4 Å². The predicted octanol–water partition coefficient (Wildman–Crippen LogP) is 1.80. The molecular weight excluding hydrogens is 415 g/mol. The van der Waals surface area contributed by atoms with Crippen LogP contribution < -0.4 is 16.6 Å². The monoisotopic (exact) mass is 438 g/mol. The number of hydrogen-bond donors (Lipinski definition) is 1. The zero-order valence-electron chi connectivity index (χ0n) is 17.6. The lowest BCUT2D eigenvalue weighted by Crippen LogP contribution is -2.46. The molecule has 1 atom stereocenters. The number of para-hydroxylation sites is 1. The van der Waals surface area contributed by atoms with Crippen LogP contribution in [0.2, 0.25) is 0 Å². The van der Waals surface area contributed by atoms with Crippen LogP contribution in [-0.2, 0) is 11.3 Å². The fourth-order valence-electron chi connectivity index (χ4n) is 3.55. The summed E-state index contributed by atoms with van der Waals surface area (Å²) in [6.45, 7) is 2.68. The Morgan fingerprint density at radius 2 is 1.94 bits per heavy atom. The van der Waals surface area contributed by atoms with Crippen molar-refractivity contribution in [2.75, 3.05) is 13.2 Å². The van der Waals surface area contributed by atoms with E-state index in [1.807, 2.05) is 19.1 Å². The van der Waals surface area contributed by atoms with E-state index in [-0.39, 0.29) is 24.9 Å². The first-order chi connectivity index (χ1) is 15.4. The number of aryl methyl sites for hydroxylation is 1. The molecule has 1 aliphatic rings. The van der Waals surface area contributed by atoms with Crippen molar-refractivity contribution in [3.05, 3.63) is 92.0 Å². The van der Waals surface area contributed by atoms with Crippen LogP contribution in [0.5, 0.6) is 0 Å². The Labute approximate surface area is 183 Å². The third-order valence-electron chi connectivity index (χ3n) is 5.33. The van der Waals surface area contributed by atoms with Gasteiger partial charge in [-0.1, -0.05) is 42.0 Å². The third kappa shape index (κ3) is 4.52. The average molecular weight is 438 g/mol. The van der Waals surface area contributed by atoms with Crippen LogP contribution in [0.25, 0.3) is 5.69 Å². The summed E-state index contributed by atoms with van der Waals surface area (Å²) in [5.41, 5.74) is -0.605. The van der Waals surface area contributed by atoms with Crippen LogP contribution in [0.1, 0.15) is 34.5 Å². The second-order valence-corrected chi connectivity index (χ2v) is 7.72. The van der Waals surface area contributed by atoms with Gasteiger partial charge in [0.15, 0.2) is 0 Å². The Kier molecular flexibility index (Phi) is 6.27. The number of amides is 1. The van der Waals surface area contributed by atoms with Gasteiger partial charge in [-0.2, -0.15) is 9.78 Å². The van der Waals surface area contributed by atoms with E-state index in [1.54, 1.807) is 18.2 Å². The van der Waals surface area contributed by atoms with Gasteiger partial charge in [0, 0.05) is 13.2 Å². The molecule has 4 rings (SSSR count). The molecule has 0 unspecified atom stereocenters. The van der Waals surface area contributed by atoms with Crippen molar-refractivity contribution < 1.29 is 13.9 Å². The van der Waals surface area contributed by atoms with Crippen molar-refractivity contribution in [3.63, 3.8) is 0 Å². The van der Waals surface area contributed by atoms with Crippen LogP contribution in [0, 0.1) is 12.7 Å². The van der Waals surface area contributed by atoms with Gasteiger partial charge in [-0.25, -0.2) is 9.18 Å². The van der Waals surface area contributed by atoms with E-state index in [4.69, 9.17) is 4.74 Å². The molecule has 1 N–H and O–H groups in total. The van der Waals surface area contributed by atoms with Gasteiger partial charge in [0.1, 0.15) is 11.5 Å². The van der Waals surface area contributed by atoms with Gasteiger partial charge in [-0.15, -0.1) is 0 Å². The van der Waals surface area contributed by atoms with Crippen molar-refractivity contribution in [1.82, 2.24) is 19.7 Å². The molecule has 2 aromatic carbocycles. The van der Waals surface area contributed by atoms with Gasteiger partial charge in [0.05, 0.1) is 12.6 Å². The highest BCUT2D eigenvalue weighted by Gasteiger charge is 2.23. The van der Waals surface area contributed by atoms with Crippen molar-refractivity contribution >= 4 is 5.91 Å². The lowest BCUT2D eigenvalue weighted by molar-refractivity contribution is 0.0849. The molecule has 1 saturated heterocycles. The molecule has 32 heavy (non-hydrogen) atoms. The van der Waals surface area contributed by atoms with Crippen molar-refractivity contribution in [1.29, 1.82) is 0 Å². The third-order valence-corrected chi connectivity index (χ3v) is 5.33. The summed E-state index contributed by atoms with van der Waals surface area (Å²) in [6.07, 6.45) is 1.58. The quantitative estimate of drug-likeness (QED) is 0.633. The van der Waals surface area contributed by atoms with E-state index < -0.39 is 28.7 Å². The van der Waals surface area contributed by atoms with E-state index >= 15 is 0 Å². The molecule has 2 heterocycles. The molecule has 0 saturated carbocycles.